The quantitative estimate of drug-likeness (QED) is 0.576. The van der Waals surface area contributed by atoms with Gasteiger partial charge in [0, 0.05) is 71.1 Å². The number of anilines is 2. The van der Waals surface area contributed by atoms with Crippen LogP contribution in [0.1, 0.15) is 23.2 Å². The van der Waals surface area contributed by atoms with Crippen LogP contribution in [0.3, 0.4) is 0 Å². The highest BCUT2D eigenvalue weighted by molar-refractivity contribution is 5.94. The van der Waals surface area contributed by atoms with Crippen LogP contribution in [0.15, 0.2) is 36.4 Å². The van der Waals surface area contributed by atoms with Crippen molar-refractivity contribution in [3.63, 3.8) is 0 Å². The second kappa shape index (κ2) is 11.1. The maximum atomic E-state index is 12.8. The average molecular weight is 521 g/mol. The van der Waals surface area contributed by atoms with E-state index in [-0.39, 0.29) is 11.7 Å². The number of benzene rings is 1. The first-order valence-corrected chi connectivity index (χ1v) is 12.7. The van der Waals surface area contributed by atoms with Crippen LogP contribution in [0.4, 0.5) is 24.8 Å². The summed E-state index contributed by atoms with van der Waals surface area (Å²) in [4.78, 5) is 21.3. The van der Waals surface area contributed by atoms with Crippen LogP contribution < -0.4 is 14.5 Å². The number of aromatic nitrogens is 2. The molecule has 200 valence electrons. The Kier molecular flexibility index (Phi) is 7.65. The standard InChI is InChI=1S/C25H31F3N6O3/c26-25(27,28)37-20-5-3-19(4-6-20)24(35)34-15-13-33(14-16-34)23-8-7-22(29-30-23)32-11-9-31(10-12-32)18-21-2-1-17-36-21/h3-8,21H,1-2,9-18H2. The molecule has 1 atom stereocenters. The highest BCUT2D eigenvalue weighted by Gasteiger charge is 2.31. The first-order chi connectivity index (χ1) is 17.8. The predicted molar refractivity (Wildman–Crippen MR) is 131 cm³/mol. The number of piperazine rings is 2. The van der Waals surface area contributed by atoms with Gasteiger partial charge >= 0.3 is 6.36 Å². The minimum Gasteiger partial charge on any atom is -0.406 e. The largest absolute Gasteiger partial charge is 0.573 e. The average Bonchev–Trinajstić information content (AvgIpc) is 3.42. The molecule has 37 heavy (non-hydrogen) atoms. The Morgan fingerprint density at radius 1 is 0.892 bits per heavy atom. The van der Waals surface area contributed by atoms with Crippen LogP contribution in [0, 0.1) is 0 Å². The molecule has 0 saturated carbocycles. The van der Waals surface area contributed by atoms with Crippen molar-refractivity contribution in [1.29, 1.82) is 0 Å². The fraction of sp³-hybridized carbons (Fsp3) is 0.560. The Hall–Kier alpha value is -3.12. The highest BCUT2D eigenvalue weighted by Crippen LogP contribution is 2.24. The molecule has 9 nitrogen and oxygen atoms in total. The Bertz CT molecular complexity index is 1030. The lowest BCUT2D eigenvalue weighted by Crippen LogP contribution is -2.49. The van der Waals surface area contributed by atoms with Crippen molar-refractivity contribution in [2.45, 2.75) is 25.3 Å². The third kappa shape index (κ3) is 6.61. The van der Waals surface area contributed by atoms with Gasteiger partial charge in [0.2, 0.25) is 0 Å². The molecule has 12 heteroatoms. The number of hydrogen-bond acceptors (Lipinski definition) is 8. The lowest BCUT2D eigenvalue weighted by Gasteiger charge is -2.37. The van der Waals surface area contributed by atoms with Gasteiger partial charge in [-0.2, -0.15) is 0 Å². The highest BCUT2D eigenvalue weighted by atomic mass is 19.4. The van der Waals surface area contributed by atoms with E-state index >= 15 is 0 Å². The zero-order chi connectivity index (χ0) is 25.8. The van der Waals surface area contributed by atoms with Crippen LogP contribution in [-0.2, 0) is 4.74 Å². The summed E-state index contributed by atoms with van der Waals surface area (Å²) in [6.45, 7) is 7.82. The predicted octanol–water partition coefficient (Wildman–Crippen LogP) is 2.64. The van der Waals surface area contributed by atoms with Crippen molar-refractivity contribution in [1.82, 2.24) is 20.0 Å². The number of nitrogens with zero attached hydrogens (tertiary/aromatic N) is 6. The molecule has 5 rings (SSSR count). The number of carbonyl (C=O) groups excluding carboxylic acids is 1. The monoisotopic (exact) mass is 520 g/mol. The summed E-state index contributed by atoms with van der Waals surface area (Å²) < 4.78 is 46.6. The minimum absolute atomic E-state index is 0.224. The van der Waals surface area contributed by atoms with Crippen LogP contribution in [0.2, 0.25) is 0 Å². The number of amides is 1. The lowest BCUT2D eigenvalue weighted by atomic mass is 10.1. The van der Waals surface area contributed by atoms with E-state index in [1.54, 1.807) is 4.90 Å². The number of halogens is 3. The van der Waals surface area contributed by atoms with Crippen molar-refractivity contribution < 1.29 is 27.4 Å². The summed E-state index contributed by atoms with van der Waals surface area (Å²) in [5, 5.41) is 8.90. The molecule has 1 aromatic heterocycles. The molecular formula is C25H31F3N6O3. The van der Waals surface area contributed by atoms with E-state index in [4.69, 9.17) is 4.74 Å². The molecule has 0 N–H and O–H groups in total. The molecule has 3 saturated heterocycles. The van der Waals surface area contributed by atoms with Crippen molar-refractivity contribution in [3.05, 3.63) is 42.0 Å². The van der Waals surface area contributed by atoms with Crippen molar-refractivity contribution in [2.24, 2.45) is 0 Å². The Morgan fingerprint density at radius 3 is 2.00 bits per heavy atom. The third-order valence-electron chi connectivity index (χ3n) is 7.04. The molecular weight excluding hydrogens is 489 g/mol. The molecule has 3 aliphatic heterocycles. The number of ether oxygens (including phenoxy) is 2. The molecule has 1 amide bonds. The third-order valence-corrected chi connectivity index (χ3v) is 7.04. The molecule has 1 unspecified atom stereocenters. The second-order valence-electron chi connectivity index (χ2n) is 9.52. The SMILES string of the molecule is O=C(c1ccc(OC(F)(F)F)cc1)N1CCN(c2ccc(N3CCN(CC4CCCO4)CC3)nn2)CC1. The summed E-state index contributed by atoms with van der Waals surface area (Å²) in [5.41, 5.74) is 0.322. The molecule has 0 radical (unpaired) electrons. The van der Waals surface area contributed by atoms with E-state index in [0.717, 1.165) is 75.9 Å². The van der Waals surface area contributed by atoms with E-state index in [9.17, 15) is 18.0 Å². The zero-order valence-corrected chi connectivity index (χ0v) is 20.6. The molecule has 4 heterocycles. The summed E-state index contributed by atoms with van der Waals surface area (Å²) in [5.74, 6) is 1.06. The van der Waals surface area contributed by atoms with Gasteiger partial charge in [0.1, 0.15) is 5.75 Å². The molecule has 3 aliphatic rings. The molecule has 1 aromatic carbocycles. The Morgan fingerprint density at radius 2 is 1.49 bits per heavy atom. The van der Waals surface area contributed by atoms with Gasteiger partial charge in [0.05, 0.1) is 6.10 Å². The van der Waals surface area contributed by atoms with Gasteiger partial charge in [-0.1, -0.05) is 0 Å². The van der Waals surface area contributed by atoms with E-state index < -0.39 is 6.36 Å². The van der Waals surface area contributed by atoms with Gasteiger partial charge in [-0.15, -0.1) is 23.4 Å². The van der Waals surface area contributed by atoms with Gasteiger partial charge in [0.15, 0.2) is 11.6 Å². The number of rotatable bonds is 6. The zero-order valence-electron chi connectivity index (χ0n) is 20.6. The molecule has 3 fully saturated rings. The smallest absolute Gasteiger partial charge is 0.406 e. The fourth-order valence-corrected chi connectivity index (χ4v) is 5.01. The van der Waals surface area contributed by atoms with Crippen LogP contribution >= 0.6 is 0 Å². The fourth-order valence-electron chi connectivity index (χ4n) is 5.01. The van der Waals surface area contributed by atoms with Crippen molar-refractivity contribution >= 4 is 17.5 Å². The first-order valence-electron chi connectivity index (χ1n) is 12.7. The maximum absolute atomic E-state index is 12.8. The van der Waals surface area contributed by atoms with Crippen molar-refractivity contribution in [3.8, 4) is 5.75 Å². The molecule has 0 spiro atoms. The van der Waals surface area contributed by atoms with Gasteiger partial charge < -0.3 is 24.2 Å². The maximum Gasteiger partial charge on any atom is 0.573 e. The first kappa shape index (κ1) is 25.5. The summed E-state index contributed by atoms with van der Waals surface area (Å²) >= 11 is 0. The molecule has 0 aliphatic carbocycles. The lowest BCUT2D eigenvalue weighted by molar-refractivity contribution is -0.274. The summed E-state index contributed by atoms with van der Waals surface area (Å²) in [7, 11) is 0. The number of carbonyl (C=O) groups is 1. The normalized spacial score (nSPS) is 21.4. The van der Waals surface area contributed by atoms with E-state index in [1.165, 1.54) is 12.1 Å². The Labute approximate surface area is 213 Å². The van der Waals surface area contributed by atoms with E-state index in [0.29, 0.717) is 37.8 Å². The van der Waals surface area contributed by atoms with Crippen LogP contribution in [-0.4, -0.2) is 104 Å². The number of alkyl halides is 3. The van der Waals surface area contributed by atoms with Gasteiger partial charge in [-0.3, -0.25) is 9.69 Å². The van der Waals surface area contributed by atoms with Crippen molar-refractivity contribution in [2.75, 3.05) is 75.3 Å². The summed E-state index contributed by atoms with van der Waals surface area (Å²) in [6, 6.07) is 8.97. The minimum atomic E-state index is -4.76. The Balaban J connectivity index is 1.08. The van der Waals surface area contributed by atoms with Gasteiger partial charge in [0.25, 0.3) is 5.91 Å². The van der Waals surface area contributed by atoms with Gasteiger partial charge in [-0.25, -0.2) is 0 Å². The summed E-state index contributed by atoms with van der Waals surface area (Å²) in [6.07, 6.45) is -2.07. The topological polar surface area (TPSA) is 74.3 Å². The van der Waals surface area contributed by atoms with E-state index in [2.05, 4.69) is 29.6 Å². The number of hydrogen-bond donors (Lipinski definition) is 0. The second-order valence-corrected chi connectivity index (χ2v) is 9.52. The van der Waals surface area contributed by atoms with Crippen LogP contribution in [0.5, 0.6) is 5.75 Å². The van der Waals surface area contributed by atoms with Gasteiger partial charge in [-0.05, 0) is 49.2 Å². The molecule has 2 aromatic rings. The van der Waals surface area contributed by atoms with Crippen LogP contribution in [0.25, 0.3) is 0 Å². The van der Waals surface area contributed by atoms with E-state index in [1.807, 2.05) is 12.1 Å². The molecule has 0 bridgehead atoms.